The minimum Gasteiger partial charge on any atom is -0.444 e. The van der Waals surface area contributed by atoms with Crippen molar-refractivity contribution in [1.82, 2.24) is 19.8 Å². The molecule has 0 aromatic rings. The average Bonchev–Trinajstić information content (AvgIpc) is 3.20. The van der Waals surface area contributed by atoms with Crippen LogP contribution in [0.15, 0.2) is 0 Å². The first-order chi connectivity index (χ1) is 13.2. The van der Waals surface area contributed by atoms with Crippen molar-refractivity contribution in [2.45, 2.75) is 64.5 Å². The van der Waals surface area contributed by atoms with Gasteiger partial charge in [-0.1, -0.05) is 0 Å². The Labute approximate surface area is 166 Å². The Morgan fingerprint density at radius 2 is 1.57 bits per heavy atom. The number of rotatable bonds is 1. The number of likely N-dealkylation sites (tertiary alicyclic amines) is 2. The number of hydrogen-bond acceptors (Lipinski definition) is 5. The maximum Gasteiger partial charge on any atom is 0.410 e. The van der Waals surface area contributed by atoms with Gasteiger partial charge < -0.3 is 9.64 Å². The standard InChI is InChI=1S/C20H32N4O4/c1-19(2,3)28-18(27)21-12-6-15(7-13-21)22-9-4-8-20(14-22)16(25)23-10-5-11-24(23)17(20)26/h15H,4-14H2,1-3H3. The first-order valence-electron chi connectivity index (χ1n) is 10.6. The van der Waals surface area contributed by atoms with E-state index in [-0.39, 0.29) is 17.9 Å². The van der Waals surface area contributed by atoms with E-state index in [0.717, 1.165) is 32.2 Å². The molecule has 0 radical (unpaired) electrons. The molecule has 4 rings (SSSR count). The summed E-state index contributed by atoms with van der Waals surface area (Å²) in [6.07, 6.45) is 3.85. The normalized spacial score (nSPS) is 26.3. The quantitative estimate of drug-likeness (QED) is 0.632. The molecular weight excluding hydrogens is 360 g/mol. The molecule has 8 heteroatoms. The molecule has 0 bridgehead atoms. The number of ether oxygens (including phenoxy) is 1. The second-order valence-electron chi connectivity index (χ2n) is 9.56. The van der Waals surface area contributed by atoms with Crippen LogP contribution in [0.5, 0.6) is 0 Å². The van der Waals surface area contributed by atoms with E-state index in [9.17, 15) is 14.4 Å². The van der Waals surface area contributed by atoms with Gasteiger partial charge in [-0.2, -0.15) is 0 Å². The third-order valence-corrected chi connectivity index (χ3v) is 6.47. The largest absolute Gasteiger partial charge is 0.444 e. The zero-order valence-electron chi connectivity index (χ0n) is 17.3. The molecule has 4 aliphatic heterocycles. The van der Waals surface area contributed by atoms with Crippen LogP contribution in [-0.2, 0) is 14.3 Å². The molecule has 4 aliphatic rings. The van der Waals surface area contributed by atoms with Crippen LogP contribution in [-0.4, -0.2) is 88.6 Å². The summed E-state index contributed by atoms with van der Waals surface area (Å²) < 4.78 is 5.48. The van der Waals surface area contributed by atoms with Gasteiger partial charge in [-0.25, -0.2) is 4.79 Å². The highest BCUT2D eigenvalue weighted by Crippen LogP contribution is 2.42. The van der Waals surface area contributed by atoms with Crippen molar-refractivity contribution < 1.29 is 19.1 Å². The summed E-state index contributed by atoms with van der Waals surface area (Å²) in [5.74, 6) is 0.0109. The second-order valence-corrected chi connectivity index (χ2v) is 9.56. The SMILES string of the molecule is CC(C)(C)OC(=O)N1CCC(N2CCCC3(C2)C(=O)N2CCCN2C3=O)CC1. The second kappa shape index (κ2) is 6.90. The van der Waals surface area contributed by atoms with Gasteiger partial charge in [-0.05, 0) is 59.4 Å². The number of carbonyl (C=O) groups excluding carboxylic acids is 3. The molecule has 1 spiro atoms. The Hall–Kier alpha value is -1.83. The van der Waals surface area contributed by atoms with E-state index in [0.29, 0.717) is 45.2 Å². The van der Waals surface area contributed by atoms with E-state index in [2.05, 4.69) is 4.90 Å². The highest BCUT2D eigenvalue weighted by molar-refractivity contribution is 6.10. The summed E-state index contributed by atoms with van der Waals surface area (Å²) in [6.45, 7) is 9.72. The van der Waals surface area contributed by atoms with Gasteiger partial charge in [0.05, 0.1) is 0 Å². The summed E-state index contributed by atoms with van der Waals surface area (Å²) in [6, 6.07) is 0.307. The van der Waals surface area contributed by atoms with Crippen LogP contribution in [0.1, 0.15) is 52.9 Å². The molecule has 0 aliphatic carbocycles. The van der Waals surface area contributed by atoms with E-state index in [1.165, 1.54) is 0 Å². The molecule has 3 amide bonds. The maximum absolute atomic E-state index is 13.0. The molecule has 8 nitrogen and oxygen atoms in total. The van der Waals surface area contributed by atoms with Crippen LogP contribution in [0.25, 0.3) is 0 Å². The third-order valence-electron chi connectivity index (χ3n) is 6.47. The lowest BCUT2D eigenvalue weighted by molar-refractivity contribution is -0.144. The molecule has 4 heterocycles. The van der Waals surface area contributed by atoms with Crippen LogP contribution in [0.2, 0.25) is 0 Å². The van der Waals surface area contributed by atoms with E-state index in [1.807, 2.05) is 20.8 Å². The lowest BCUT2D eigenvalue weighted by atomic mass is 9.78. The molecule has 4 fully saturated rings. The van der Waals surface area contributed by atoms with Gasteiger partial charge in [-0.3, -0.25) is 24.5 Å². The Morgan fingerprint density at radius 1 is 0.964 bits per heavy atom. The average molecular weight is 393 g/mol. The molecule has 0 aromatic carbocycles. The van der Waals surface area contributed by atoms with Crippen LogP contribution in [0.4, 0.5) is 4.79 Å². The third kappa shape index (κ3) is 3.25. The molecule has 0 saturated carbocycles. The van der Waals surface area contributed by atoms with E-state index in [4.69, 9.17) is 4.74 Å². The molecular formula is C20H32N4O4. The fourth-order valence-corrected chi connectivity index (χ4v) is 5.11. The van der Waals surface area contributed by atoms with Crippen molar-refractivity contribution in [2.75, 3.05) is 39.3 Å². The zero-order valence-corrected chi connectivity index (χ0v) is 17.3. The van der Waals surface area contributed by atoms with Crippen LogP contribution in [0, 0.1) is 5.41 Å². The van der Waals surface area contributed by atoms with Crippen molar-refractivity contribution in [3.05, 3.63) is 0 Å². The van der Waals surface area contributed by atoms with E-state index in [1.54, 1.807) is 14.9 Å². The lowest BCUT2D eigenvalue weighted by Crippen LogP contribution is -2.56. The van der Waals surface area contributed by atoms with Crippen LogP contribution < -0.4 is 0 Å². The van der Waals surface area contributed by atoms with Gasteiger partial charge in [0.25, 0.3) is 11.8 Å². The molecule has 0 aromatic heterocycles. The van der Waals surface area contributed by atoms with Gasteiger partial charge in [0.2, 0.25) is 0 Å². The van der Waals surface area contributed by atoms with E-state index < -0.39 is 11.0 Å². The predicted molar refractivity (Wildman–Crippen MR) is 102 cm³/mol. The highest BCUT2D eigenvalue weighted by Gasteiger charge is 2.60. The molecule has 0 unspecified atom stereocenters. The Kier molecular flexibility index (Phi) is 4.80. The van der Waals surface area contributed by atoms with Crippen LogP contribution >= 0.6 is 0 Å². The minimum absolute atomic E-state index is 0.00545. The van der Waals surface area contributed by atoms with E-state index >= 15 is 0 Å². The summed E-state index contributed by atoms with van der Waals surface area (Å²) >= 11 is 0. The van der Waals surface area contributed by atoms with Gasteiger partial charge in [-0.15, -0.1) is 0 Å². The predicted octanol–water partition coefficient (Wildman–Crippen LogP) is 1.46. The Bertz CT molecular complexity index is 644. The van der Waals surface area contributed by atoms with Crippen molar-refractivity contribution in [1.29, 1.82) is 0 Å². The zero-order chi connectivity index (χ0) is 20.1. The smallest absolute Gasteiger partial charge is 0.410 e. The minimum atomic E-state index is -0.874. The molecule has 0 N–H and O–H groups in total. The molecule has 156 valence electrons. The fourth-order valence-electron chi connectivity index (χ4n) is 5.11. The van der Waals surface area contributed by atoms with Gasteiger partial charge in [0.1, 0.15) is 11.0 Å². The number of piperidine rings is 2. The van der Waals surface area contributed by atoms with Gasteiger partial charge >= 0.3 is 6.09 Å². The first kappa shape index (κ1) is 19.5. The Balaban J connectivity index is 1.38. The molecule has 0 atom stereocenters. The molecule has 4 saturated heterocycles. The number of hydrogen-bond donors (Lipinski definition) is 0. The summed E-state index contributed by atoms with van der Waals surface area (Å²) in [7, 11) is 0. The number of fused-ring (bicyclic) bond motifs is 1. The fraction of sp³-hybridized carbons (Fsp3) is 0.850. The van der Waals surface area contributed by atoms with Crippen molar-refractivity contribution >= 4 is 17.9 Å². The topological polar surface area (TPSA) is 73.4 Å². The first-order valence-corrected chi connectivity index (χ1v) is 10.6. The number of nitrogens with zero attached hydrogens (tertiary/aromatic N) is 4. The van der Waals surface area contributed by atoms with Gasteiger partial charge in [0.15, 0.2) is 0 Å². The summed E-state index contributed by atoms with van der Waals surface area (Å²) in [5.41, 5.74) is -1.36. The van der Waals surface area contributed by atoms with Crippen molar-refractivity contribution in [3.8, 4) is 0 Å². The Morgan fingerprint density at radius 3 is 2.14 bits per heavy atom. The maximum atomic E-state index is 13.0. The number of carbonyl (C=O) groups is 3. The van der Waals surface area contributed by atoms with Crippen LogP contribution in [0.3, 0.4) is 0 Å². The number of hydrazine groups is 1. The van der Waals surface area contributed by atoms with Crippen molar-refractivity contribution in [2.24, 2.45) is 5.41 Å². The highest BCUT2D eigenvalue weighted by atomic mass is 16.6. The lowest BCUT2D eigenvalue weighted by Gasteiger charge is -2.44. The molecule has 28 heavy (non-hydrogen) atoms. The summed E-state index contributed by atoms with van der Waals surface area (Å²) in [4.78, 5) is 42.5. The van der Waals surface area contributed by atoms with Crippen molar-refractivity contribution in [3.63, 3.8) is 0 Å². The van der Waals surface area contributed by atoms with Gasteiger partial charge in [0, 0.05) is 38.8 Å². The number of amides is 3. The summed E-state index contributed by atoms with van der Waals surface area (Å²) in [5, 5.41) is 3.36. The monoisotopic (exact) mass is 392 g/mol.